The average molecular weight is 423 g/mol. The summed E-state index contributed by atoms with van der Waals surface area (Å²) in [4.78, 5) is 49.5. The Bertz CT molecular complexity index is 1090. The van der Waals surface area contributed by atoms with Gasteiger partial charge in [0.15, 0.2) is 11.5 Å². The normalized spacial score (nSPS) is 12.8. The van der Waals surface area contributed by atoms with Crippen LogP contribution in [0.4, 0.5) is 0 Å². The molecule has 8 heteroatoms. The summed E-state index contributed by atoms with van der Waals surface area (Å²) < 4.78 is 15.1. The molecule has 2 aromatic rings. The molecule has 0 unspecified atom stereocenters. The standard InChI is InChI=1S/C23H21NO7/c1-14-4-7-16-17(12-14)23(28)24(22(16)27)11-10-21(26)31-18-8-5-15(13-19(18)29-2)6-9-20(25)30-3/h4-9,12-13H,10-11H2,1-3H3/b9-6+. The van der Waals surface area contributed by atoms with Crippen molar-refractivity contribution in [3.8, 4) is 11.5 Å². The Morgan fingerprint density at radius 1 is 0.968 bits per heavy atom. The fourth-order valence-corrected chi connectivity index (χ4v) is 3.09. The Labute approximate surface area is 179 Å². The summed E-state index contributed by atoms with van der Waals surface area (Å²) in [6, 6.07) is 9.79. The number of rotatable bonds is 7. The van der Waals surface area contributed by atoms with Crippen LogP contribution in [0.25, 0.3) is 6.08 Å². The fraction of sp³-hybridized carbons (Fsp3) is 0.217. The van der Waals surface area contributed by atoms with Crippen molar-refractivity contribution >= 4 is 29.8 Å². The van der Waals surface area contributed by atoms with Gasteiger partial charge in [-0.1, -0.05) is 17.7 Å². The van der Waals surface area contributed by atoms with Crippen LogP contribution in [0.2, 0.25) is 0 Å². The third-order valence-corrected chi connectivity index (χ3v) is 4.69. The summed E-state index contributed by atoms with van der Waals surface area (Å²) in [6.45, 7) is 1.74. The van der Waals surface area contributed by atoms with Crippen molar-refractivity contribution in [2.24, 2.45) is 0 Å². The Morgan fingerprint density at radius 3 is 2.42 bits per heavy atom. The van der Waals surface area contributed by atoms with Gasteiger partial charge in [0.25, 0.3) is 11.8 Å². The number of hydrogen-bond donors (Lipinski definition) is 0. The Morgan fingerprint density at radius 2 is 1.71 bits per heavy atom. The monoisotopic (exact) mass is 423 g/mol. The van der Waals surface area contributed by atoms with Gasteiger partial charge in [0.2, 0.25) is 0 Å². The van der Waals surface area contributed by atoms with Crippen LogP contribution in [0, 0.1) is 6.92 Å². The summed E-state index contributed by atoms with van der Waals surface area (Å²) in [5.41, 5.74) is 2.19. The highest BCUT2D eigenvalue weighted by Gasteiger charge is 2.35. The second-order valence-electron chi connectivity index (χ2n) is 6.80. The van der Waals surface area contributed by atoms with Crippen molar-refractivity contribution in [3.05, 3.63) is 64.7 Å². The maximum atomic E-state index is 12.5. The predicted molar refractivity (Wildman–Crippen MR) is 111 cm³/mol. The van der Waals surface area contributed by atoms with Crippen LogP contribution in [0.3, 0.4) is 0 Å². The van der Waals surface area contributed by atoms with Gasteiger partial charge < -0.3 is 14.2 Å². The maximum Gasteiger partial charge on any atom is 0.330 e. The number of imide groups is 1. The van der Waals surface area contributed by atoms with Gasteiger partial charge in [-0.05, 0) is 42.8 Å². The topological polar surface area (TPSA) is 99.2 Å². The van der Waals surface area contributed by atoms with Crippen LogP contribution in [0.5, 0.6) is 11.5 Å². The average Bonchev–Trinajstić information content (AvgIpc) is 3.00. The number of nitrogens with zero attached hydrogens (tertiary/aromatic N) is 1. The van der Waals surface area contributed by atoms with Crippen LogP contribution in [-0.2, 0) is 14.3 Å². The van der Waals surface area contributed by atoms with Crippen LogP contribution < -0.4 is 9.47 Å². The number of carbonyl (C=O) groups is 4. The number of amides is 2. The van der Waals surface area contributed by atoms with Crippen LogP contribution >= 0.6 is 0 Å². The molecular weight excluding hydrogens is 402 g/mol. The van der Waals surface area contributed by atoms with Crippen molar-refractivity contribution in [2.75, 3.05) is 20.8 Å². The molecule has 1 aliphatic rings. The van der Waals surface area contributed by atoms with E-state index >= 15 is 0 Å². The van der Waals surface area contributed by atoms with Gasteiger partial charge in [-0.25, -0.2) is 4.79 Å². The summed E-state index contributed by atoms with van der Waals surface area (Å²) >= 11 is 0. The molecule has 0 fully saturated rings. The minimum Gasteiger partial charge on any atom is -0.493 e. The maximum absolute atomic E-state index is 12.5. The lowest BCUT2D eigenvalue weighted by molar-refractivity contribution is -0.135. The second kappa shape index (κ2) is 9.25. The highest BCUT2D eigenvalue weighted by atomic mass is 16.6. The number of esters is 2. The molecule has 0 bridgehead atoms. The molecule has 0 N–H and O–H groups in total. The zero-order valence-electron chi connectivity index (χ0n) is 17.3. The number of ether oxygens (including phenoxy) is 3. The number of methoxy groups -OCH3 is 2. The second-order valence-corrected chi connectivity index (χ2v) is 6.80. The molecule has 0 aliphatic carbocycles. The molecule has 8 nitrogen and oxygen atoms in total. The number of carbonyl (C=O) groups excluding carboxylic acids is 4. The Kier molecular flexibility index (Phi) is 6.49. The van der Waals surface area contributed by atoms with Gasteiger partial charge in [0, 0.05) is 12.6 Å². The van der Waals surface area contributed by atoms with Gasteiger partial charge in [-0.15, -0.1) is 0 Å². The Balaban J connectivity index is 1.63. The van der Waals surface area contributed by atoms with Gasteiger partial charge in [0.1, 0.15) is 0 Å². The number of fused-ring (bicyclic) bond motifs is 1. The van der Waals surface area contributed by atoms with E-state index in [0.717, 1.165) is 10.5 Å². The zero-order valence-corrected chi connectivity index (χ0v) is 17.3. The molecule has 0 aromatic heterocycles. The molecule has 0 atom stereocenters. The van der Waals surface area contributed by atoms with E-state index in [9.17, 15) is 19.2 Å². The van der Waals surface area contributed by atoms with E-state index in [1.54, 1.807) is 30.3 Å². The molecule has 3 rings (SSSR count). The highest BCUT2D eigenvalue weighted by molar-refractivity contribution is 6.21. The van der Waals surface area contributed by atoms with Gasteiger partial charge in [0.05, 0.1) is 31.8 Å². The summed E-state index contributed by atoms with van der Waals surface area (Å²) in [5, 5.41) is 0. The van der Waals surface area contributed by atoms with Crippen molar-refractivity contribution in [1.82, 2.24) is 4.90 Å². The number of aryl methyl sites for hydroxylation is 1. The molecule has 2 amide bonds. The van der Waals surface area contributed by atoms with E-state index in [0.29, 0.717) is 16.7 Å². The molecule has 0 saturated carbocycles. The van der Waals surface area contributed by atoms with E-state index in [1.807, 2.05) is 6.92 Å². The summed E-state index contributed by atoms with van der Waals surface area (Å²) in [6.07, 6.45) is 2.62. The smallest absolute Gasteiger partial charge is 0.330 e. The van der Waals surface area contributed by atoms with Crippen LogP contribution in [-0.4, -0.2) is 49.4 Å². The van der Waals surface area contributed by atoms with E-state index in [-0.39, 0.29) is 24.5 Å². The largest absolute Gasteiger partial charge is 0.493 e. The molecule has 0 saturated heterocycles. The molecule has 0 spiro atoms. The summed E-state index contributed by atoms with van der Waals surface area (Å²) in [5.74, 6) is -1.50. The predicted octanol–water partition coefficient (Wildman–Crippen LogP) is 2.78. The van der Waals surface area contributed by atoms with E-state index in [1.165, 1.54) is 32.4 Å². The molecule has 1 heterocycles. The van der Waals surface area contributed by atoms with Crippen molar-refractivity contribution in [3.63, 3.8) is 0 Å². The SMILES string of the molecule is COC(=O)/C=C/c1ccc(OC(=O)CCN2C(=O)c3ccc(C)cc3C2=O)c(OC)c1. The van der Waals surface area contributed by atoms with E-state index < -0.39 is 23.8 Å². The first-order chi connectivity index (χ1) is 14.8. The van der Waals surface area contributed by atoms with E-state index in [4.69, 9.17) is 9.47 Å². The van der Waals surface area contributed by atoms with Crippen molar-refractivity contribution in [1.29, 1.82) is 0 Å². The summed E-state index contributed by atoms with van der Waals surface area (Å²) in [7, 11) is 2.69. The van der Waals surface area contributed by atoms with E-state index in [2.05, 4.69) is 4.74 Å². The lowest BCUT2D eigenvalue weighted by Crippen LogP contribution is -2.32. The first-order valence-electron chi connectivity index (χ1n) is 9.45. The third kappa shape index (κ3) is 4.80. The fourth-order valence-electron chi connectivity index (χ4n) is 3.09. The lowest BCUT2D eigenvalue weighted by atomic mass is 10.1. The molecule has 1 aliphatic heterocycles. The lowest BCUT2D eigenvalue weighted by Gasteiger charge is -2.14. The number of hydrogen-bond acceptors (Lipinski definition) is 7. The molecule has 2 aromatic carbocycles. The van der Waals surface area contributed by atoms with Gasteiger partial charge >= 0.3 is 11.9 Å². The zero-order chi connectivity index (χ0) is 22.5. The third-order valence-electron chi connectivity index (χ3n) is 4.69. The minimum atomic E-state index is -0.621. The Hall–Kier alpha value is -3.94. The molecule has 31 heavy (non-hydrogen) atoms. The molecule has 0 radical (unpaired) electrons. The quantitative estimate of drug-likeness (QED) is 0.292. The highest BCUT2D eigenvalue weighted by Crippen LogP contribution is 2.29. The van der Waals surface area contributed by atoms with Crippen molar-refractivity contribution in [2.45, 2.75) is 13.3 Å². The number of benzene rings is 2. The molecular formula is C23H21NO7. The van der Waals surface area contributed by atoms with Gasteiger partial charge in [-0.2, -0.15) is 0 Å². The van der Waals surface area contributed by atoms with Crippen molar-refractivity contribution < 1.29 is 33.4 Å². The van der Waals surface area contributed by atoms with Crippen LogP contribution in [0.15, 0.2) is 42.5 Å². The minimum absolute atomic E-state index is 0.0908. The first kappa shape index (κ1) is 21.8. The van der Waals surface area contributed by atoms with Gasteiger partial charge in [-0.3, -0.25) is 19.3 Å². The molecule has 160 valence electrons. The first-order valence-corrected chi connectivity index (χ1v) is 9.45. The van der Waals surface area contributed by atoms with Crippen LogP contribution in [0.1, 0.15) is 38.3 Å².